The van der Waals surface area contributed by atoms with Gasteiger partial charge in [0.25, 0.3) is 0 Å². The quantitative estimate of drug-likeness (QED) is 0.483. The molecule has 0 aliphatic carbocycles. The van der Waals surface area contributed by atoms with E-state index in [9.17, 15) is 4.79 Å². The van der Waals surface area contributed by atoms with Gasteiger partial charge in [-0.2, -0.15) is 0 Å². The fourth-order valence-corrected chi connectivity index (χ4v) is 3.21. The molecule has 3 rings (SSSR count). The average Bonchev–Trinajstić information content (AvgIpc) is 2.99. The molecule has 1 aromatic heterocycles. The molecule has 0 N–H and O–H groups in total. The number of hydrogen-bond donors (Lipinski definition) is 0. The summed E-state index contributed by atoms with van der Waals surface area (Å²) in [6.45, 7) is 7.79. The van der Waals surface area contributed by atoms with Crippen molar-refractivity contribution in [1.29, 1.82) is 0 Å². The molecule has 0 unspecified atom stereocenters. The molecule has 1 heterocycles. The Hall–Kier alpha value is -2.75. The predicted molar refractivity (Wildman–Crippen MR) is 99.0 cm³/mol. The van der Waals surface area contributed by atoms with Crippen LogP contribution in [0.25, 0.3) is 21.7 Å². The number of benzene rings is 2. The summed E-state index contributed by atoms with van der Waals surface area (Å²) in [5.74, 6) is 0.399. The lowest BCUT2D eigenvalue weighted by Gasteiger charge is -2.15. The normalized spacial score (nSPS) is 12.0. The van der Waals surface area contributed by atoms with E-state index in [1.54, 1.807) is 26.4 Å². The molecular formula is C21H22O4. The average molecular weight is 338 g/mol. The van der Waals surface area contributed by atoms with Crippen LogP contribution in [-0.2, 0) is 16.1 Å². The molecule has 0 spiro atoms. The topological polar surface area (TPSA) is 48.7 Å². The number of ether oxygens (including phenoxy) is 2. The number of aryl methyl sites for hydroxylation is 2. The van der Waals surface area contributed by atoms with E-state index in [0.717, 1.165) is 32.8 Å². The molecule has 0 bridgehead atoms. The minimum absolute atomic E-state index is 0.187. The fourth-order valence-electron chi connectivity index (χ4n) is 3.21. The number of allylic oxidation sites excluding steroid dienone is 1. The molecule has 3 aromatic rings. The minimum atomic E-state index is -0.311. The Morgan fingerprint density at radius 2 is 1.96 bits per heavy atom. The molecule has 0 atom stereocenters. The lowest BCUT2D eigenvalue weighted by molar-refractivity contribution is -0.140. The Bertz CT molecular complexity index is 992. The lowest BCUT2D eigenvalue weighted by Crippen LogP contribution is -2.07. The summed E-state index contributed by atoms with van der Waals surface area (Å²) in [7, 11) is 1.64. The second kappa shape index (κ2) is 6.63. The van der Waals surface area contributed by atoms with Crippen LogP contribution < -0.4 is 4.74 Å². The van der Waals surface area contributed by atoms with Gasteiger partial charge in [0, 0.05) is 21.9 Å². The first kappa shape index (κ1) is 17.1. The highest BCUT2D eigenvalue weighted by atomic mass is 16.5. The number of esters is 1. The summed E-state index contributed by atoms with van der Waals surface area (Å²) in [4.78, 5) is 12.1. The van der Waals surface area contributed by atoms with Gasteiger partial charge in [-0.3, -0.25) is 0 Å². The van der Waals surface area contributed by atoms with Gasteiger partial charge in [-0.15, -0.1) is 0 Å². The van der Waals surface area contributed by atoms with E-state index in [-0.39, 0.29) is 12.6 Å². The van der Waals surface area contributed by atoms with E-state index < -0.39 is 0 Å². The molecule has 0 amide bonds. The van der Waals surface area contributed by atoms with Gasteiger partial charge in [0.1, 0.15) is 6.61 Å². The smallest absolute Gasteiger partial charge is 0.333 e. The Morgan fingerprint density at radius 3 is 2.64 bits per heavy atom. The van der Waals surface area contributed by atoms with Crippen molar-refractivity contribution in [3.05, 3.63) is 52.8 Å². The van der Waals surface area contributed by atoms with Crippen LogP contribution in [0.2, 0.25) is 0 Å². The highest BCUT2D eigenvalue weighted by Gasteiger charge is 2.21. The Labute approximate surface area is 147 Å². The Kier molecular flexibility index (Phi) is 4.53. The lowest BCUT2D eigenvalue weighted by atomic mass is 9.95. The van der Waals surface area contributed by atoms with Gasteiger partial charge in [-0.25, -0.2) is 4.79 Å². The molecule has 0 saturated heterocycles. The monoisotopic (exact) mass is 338 g/mol. The molecule has 4 heteroatoms. The number of methoxy groups -OCH3 is 1. The highest BCUT2D eigenvalue weighted by Crippen LogP contribution is 2.42. The number of rotatable bonds is 4. The number of hydrogen-bond acceptors (Lipinski definition) is 4. The first-order valence-electron chi connectivity index (χ1n) is 8.25. The maximum Gasteiger partial charge on any atom is 0.333 e. The van der Waals surface area contributed by atoms with E-state index in [0.29, 0.717) is 16.9 Å². The molecule has 2 aromatic carbocycles. The van der Waals surface area contributed by atoms with Crippen molar-refractivity contribution in [2.24, 2.45) is 0 Å². The third kappa shape index (κ3) is 2.78. The molecular weight excluding hydrogens is 316 g/mol. The van der Waals surface area contributed by atoms with Crippen molar-refractivity contribution >= 4 is 27.7 Å². The SMILES string of the molecule is C/C=C(/C)C(=O)OCc1c2c(C)cccc2c(OC)c2occ(C)c12. The zero-order valence-electron chi connectivity index (χ0n) is 15.2. The first-order chi connectivity index (χ1) is 12.0. The molecule has 130 valence electrons. The van der Waals surface area contributed by atoms with E-state index in [1.807, 2.05) is 39.0 Å². The van der Waals surface area contributed by atoms with Crippen LogP contribution in [0.4, 0.5) is 0 Å². The molecule has 0 aliphatic heterocycles. The molecule has 0 saturated carbocycles. The van der Waals surface area contributed by atoms with Gasteiger partial charge in [-0.05, 0) is 44.2 Å². The van der Waals surface area contributed by atoms with Crippen molar-refractivity contribution in [2.75, 3.05) is 7.11 Å². The number of carbonyl (C=O) groups is 1. The van der Waals surface area contributed by atoms with Crippen LogP contribution in [0, 0.1) is 13.8 Å². The second-order valence-electron chi connectivity index (χ2n) is 6.18. The summed E-state index contributed by atoms with van der Waals surface area (Å²) < 4.78 is 17.0. The van der Waals surface area contributed by atoms with Crippen LogP contribution in [-0.4, -0.2) is 13.1 Å². The van der Waals surface area contributed by atoms with Gasteiger partial charge in [-0.1, -0.05) is 24.3 Å². The van der Waals surface area contributed by atoms with Crippen molar-refractivity contribution < 1.29 is 18.7 Å². The second-order valence-corrected chi connectivity index (χ2v) is 6.18. The van der Waals surface area contributed by atoms with Crippen LogP contribution in [0.1, 0.15) is 30.5 Å². The largest absolute Gasteiger partial charge is 0.492 e. The maximum absolute atomic E-state index is 12.1. The number of furan rings is 1. The van der Waals surface area contributed by atoms with Gasteiger partial charge >= 0.3 is 5.97 Å². The van der Waals surface area contributed by atoms with Gasteiger partial charge in [0.05, 0.1) is 13.4 Å². The summed E-state index contributed by atoms with van der Waals surface area (Å²) in [6.07, 6.45) is 3.46. The van der Waals surface area contributed by atoms with Crippen molar-refractivity contribution in [2.45, 2.75) is 34.3 Å². The van der Waals surface area contributed by atoms with Crippen LogP contribution in [0.15, 0.2) is 40.5 Å². The molecule has 25 heavy (non-hydrogen) atoms. The number of fused-ring (bicyclic) bond motifs is 2. The van der Waals surface area contributed by atoms with E-state index in [4.69, 9.17) is 13.9 Å². The highest BCUT2D eigenvalue weighted by molar-refractivity contribution is 6.08. The van der Waals surface area contributed by atoms with E-state index in [1.165, 1.54) is 0 Å². The Morgan fingerprint density at radius 1 is 1.20 bits per heavy atom. The van der Waals surface area contributed by atoms with E-state index >= 15 is 0 Å². The molecule has 0 aliphatic rings. The first-order valence-corrected chi connectivity index (χ1v) is 8.25. The zero-order valence-corrected chi connectivity index (χ0v) is 15.2. The van der Waals surface area contributed by atoms with Crippen molar-refractivity contribution in [1.82, 2.24) is 0 Å². The standard InChI is InChI=1S/C21H22O4/c1-6-12(2)21(22)25-11-16-17-13(3)8-7-9-15(17)19(23-5)20-18(16)14(4)10-24-20/h6-10H,11H2,1-5H3/b12-6-. The summed E-state index contributed by atoms with van der Waals surface area (Å²) in [5, 5.41) is 2.95. The van der Waals surface area contributed by atoms with Crippen molar-refractivity contribution in [3.8, 4) is 5.75 Å². The van der Waals surface area contributed by atoms with Gasteiger partial charge in [0.2, 0.25) is 0 Å². The van der Waals surface area contributed by atoms with Crippen LogP contribution in [0.3, 0.4) is 0 Å². The molecule has 0 fully saturated rings. The predicted octanol–water partition coefficient (Wildman–Crippen LogP) is 5.22. The summed E-state index contributed by atoms with van der Waals surface area (Å²) in [5.41, 5.74) is 4.33. The third-order valence-corrected chi connectivity index (χ3v) is 4.61. The zero-order chi connectivity index (χ0) is 18.1. The van der Waals surface area contributed by atoms with E-state index in [2.05, 4.69) is 0 Å². The van der Waals surface area contributed by atoms with Gasteiger partial charge in [0.15, 0.2) is 11.3 Å². The summed E-state index contributed by atoms with van der Waals surface area (Å²) in [6, 6.07) is 6.04. The van der Waals surface area contributed by atoms with Crippen molar-refractivity contribution in [3.63, 3.8) is 0 Å². The molecule has 4 nitrogen and oxygen atoms in total. The summed E-state index contributed by atoms with van der Waals surface area (Å²) >= 11 is 0. The fraction of sp³-hybridized carbons (Fsp3) is 0.286. The van der Waals surface area contributed by atoms with Crippen LogP contribution in [0.5, 0.6) is 5.75 Å². The number of carbonyl (C=O) groups excluding carboxylic acids is 1. The maximum atomic E-state index is 12.1. The van der Waals surface area contributed by atoms with Crippen LogP contribution >= 0.6 is 0 Å². The third-order valence-electron chi connectivity index (χ3n) is 4.61. The Balaban J connectivity index is 2.27. The molecule has 0 radical (unpaired) electrons. The minimum Gasteiger partial charge on any atom is -0.492 e. The van der Waals surface area contributed by atoms with Gasteiger partial charge < -0.3 is 13.9 Å².